The van der Waals surface area contributed by atoms with Gasteiger partial charge < -0.3 is 25.1 Å². The fourth-order valence-electron chi connectivity index (χ4n) is 3.83. The summed E-state index contributed by atoms with van der Waals surface area (Å²) < 4.78 is 6.84. The SMILES string of the molecule is CC(C)Nc1cc(Nc2ccc3ncsc3c2)ncc1-c1nnc(C(=O)N2CCC(O)CC2)o1. The molecule has 1 aromatic carbocycles. The van der Waals surface area contributed by atoms with Crippen LogP contribution in [0.5, 0.6) is 0 Å². The quantitative estimate of drug-likeness (QED) is 0.377. The van der Waals surface area contributed by atoms with Crippen LogP contribution in [0.3, 0.4) is 0 Å². The Labute approximate surface area is 200 Å². The number of aliphatic hydroxyl groups excluding tert-OH is 1. The molecule has 0 unspecified atom stereocenters. The Bertz CT molecular complexity index is 1310. The van der Waals surface area contributed by atoms with Crippen LogP contribution in [-0.2, 0) is 0 Å². The van der Waals surface area contributed by atoms with E-state index >= 15 is 0 Å². The van der Waals surface area contributed by atoms with E-state index in [0.29, 0.717) is 37.3 Å². The van der Waals surface area contributed by atoms with Crippen LogP contribution in [0.1, 0.15) is 37.4 Å². The van der Waals surface area contributed by atoms with Crippen molar-refractivity contribution in [2.75, 3.05) is 23.7 Å². The minimum Gasteiger partial charge on any atom is -0.412 e. The molecular weight excluding hydrogens is 454 g/mol. The van der Waals surface area contributed by atoms with E-state index in [-0.39, 0.29) is 29.8 Å². The van der Waals surface area contributed by atoms with Gasteiger partial charge in [-0.15, -0.1) is 21.5 Å². The molecule has 0 aliphatic carbocycles. The van der Waals surface area contributed by atoms with Crippen LogP contribution in [0.15, 0.2) is 40.4 Å². The molecule has 1 aliphatic heterocycles. The highest BCUT2D eigenvalue weighted by Gasteiger charge is 2.27. The number of aliphatic hydroxyl groups is 1. The first-order chi connectivity index (χ1) is 16.5. The Hall–Kier alpha value is -3.57. The number of likely N-dealkylation sites (tertiary alicyclic amines) is 1. The number of aromatic nitrogens is 4. The number of carbonyl (C=O) groups excluding carboxylic acids is 1. The number of hydrogen-bond donors (Lipinski definition) is 3. The average Bonchev–Trinajstić information content (AvgIpc) is 3.48. The fraction of sp³-hybridized carbons (Fsp3) is 0.348. The second-order valence-electron chi connectivity index (χ2n) is 8.51. The summed E-state index contributed by atoms with van der Waals surface area (Å²) in [5.41, 5.74) is 5.06. The van der Waals surface area contributed by atoms with E-state index in [4.69, 9.17) is 4.42 Å². The van der Waals surface area contributed by atoms with E-state index in [0.717, 1.165) is 21.6 Å². The number of nitrogens with zero attached hydrogens (tertiary/aromatic N) is 5. The highest BCUT2D eigenvalue weighted by molar-refractivity contribution is 7.16. The molecule has 11 heteroatoms. The van der Waals surface area contributed by atoms with E-state index in [1.54, 1.807) is 22.4 Å². The average molecular weight is 480 g/mol. The van der Waals surface area contributed by atoms with E-state index in [2.05, 4.69) is 30.8 Å². The highest BCUT2D eigenvalue weighted by atomic mass is 32.1. The molecule has 0 bridgehead atoms. The minimum absolute atomic E-state index is 0.0676. The number of pyridine rings is 1. The smallest absolute Gasteiger partial charge is 0.311 e. The zero-order valence-corrected chi connectivity index (χ0v) is 19.7. The second kappa shape index (κ2) is 9.35. The third kappa shape index (κ3) is 4.70. The number of carbonyl (C=O) groups is 1. The molecule has 0 saturated carbocycles. The highest BCUT2D eigenvalue weighted by Crippen LogP contribution is 2.31. The second-order valence-corrected chi connectivity index (χ2v) is 9.40. The molecule has 0 atom stereocenters. The van der Waals surface area contributed by atoms with Crippen molar-refractivity contribution in [3.63, 3.8) is 0 Å². The number of thiazole rings is 1. The van der Waals surface area contributed by atoms with Gasteiger partial charge >= 0.3 is 11.8 Å². The van der Waals surface area contributed by atoms with Gasteiger partial charge in [-0.3, -0.25) is 4.79 Å². The van der Waals surface area contributed by atoms with Crippen molar-refractivity contribution in [1.29, 1.82) is 0 Å². The van der Waals surface area contributed by atoms with E-state index in [9.17, 15) is 9.90 Å². The molecule has 4 heterocycles. The van der Waals surface area contributed by atoms with Gasteiger partial charge in [-0.2, -0.15) is 0 Å². The van der Waals surface area contributed by atoms with Crippen LogP contribution >= 0.6 is 11.3 Å². The Kier molecular flexibility index (Phi) is 6.12. The Morgan fingerprint density at radius 2 is 2.03 bits per heavy atom. The first-order valence-corrected chi connectivity index (χ1v) is 12.0. The maximum atomic E-state index is 12.7. The summed E-state index contributed by atoms with van der Waals surface area (Å²) in [5, 5.41) is 24.5. The summed E-state index contributed by atoms with van der Waals surface area (Å²) >= 11 is 1.58. The van der Waals surface area contributed by atoms with Gasteiger partial charge in [0, 0.05) is 37.1 Å². The molecule has 1 aliphatic rings. The standard InChI is InChI=1S/C23H25N7O3S/c1-13(2)26-18-10-20(27-14-3-4-17-19(9-14)34-12-25-17)24-11-16(18)21-28-29-22(33-21)23(32)30-7-5-15(31)6-8-30/h3-4,9-13,15,31H,5-8H2,1-2H3,(H2,24,26,27). The molecule has 4 aromatic rings. The molecule has 176 valence electrons. The summed E-state index contributed by atoms with van der Waals surface area (Å²) in [5.74, 6) is 0.475. The fourth-order valence-corrected chi connectivity index (χ4v) is 4.54. The molecule has 3 aromatic heterocycles. The first kappa shape index (κ1) is 22.2. The zero-order valence-electron chi connectivity index (χ0n) is 18.9. The van der Waals surface area contributed by atoms with Crippen LogP contribution in [-0.4, -0.2) is 61.3 Å². The van der Waals surface area contributed by atoms with Crippen molar-refractivity contribution in [3.05, 3.63) is 41.9 Å². The van der Waals surface area contributed by atoms with E-state index in [1.807, 2.05) is 43.6 Å². The minimum atomic E-state index is -0.367. The number of amides is 1. The number of hydrogen-bond acceptors (Lipinski definition) is 10. The van der Waals surface area contributed by atoms with Crippen molar-refractivity contribution in [3.8, 4) is 11.5 Å². The van der Waals surface area contributed by atoms with Crippen molar-refractivity contribution in [2.24, 2.45) is 0 Å². The molecule has 10 nitrogen and oxygen atoms in total. The maximum Gasteiger partial charge on any atom is 0.311 e. The van der Waals surface area contributed by atoms with Gasteiger partial charge in [-0.1, -0.05) is 0 Å². The Morgan fingerprint density at radius 1 is 1.21 bits per heavy atom. The van der Waals surface area contributed by atoms with E-state index in [1.165, 1.54) is 0 Å². The lowest BCUT2D eigenvalue weighted by Gasteiger charge is -2.28. The zero-order chi connectivity index (χ0) is 23.7. The van der Waals surface area contributed by atoms with Gasteiger partial charge in [0.15, 0.2) is 0 Å². The lowest BCUT2D eigenvalue weighted by atomic mass is 10.1. The van der Waals surface area contributed by atoms with Gasteiger partial charge in [0.1, 0.15) is 5.82 Å². The lowest BCUT2D eigenvalue weighted by molar-refractivity contribution is 0.0513. The molecule has 5 rings (SSSR count). The van der Waals surface area contributed by atoms with Crippen molar-refractivity contribution in [2.45, 2.75) is 38.8 Å². The van der Waals surface area contributed by atoms with Crippen molar-refractivity contribution in [1.82, 2.24) is 25.1 Å². The largest absolute Gasteiger partial charge is 0.412 e. The van der Waals surface area contributed by atoms with Gasteiger partial charge in [-0.25, -0.2) is 9.97 Å². The summed E-state index contributed by atoms with van der Waals surface area (Å²) in [6.45, 7) is 4.99. The summed E-state index contributed by atoms with van der Waals surface area (Å²) in [6.07, 6.45) is 2.37. The van der Waals surface area contributed by atoms with Gasteiger partial charge in [0.2, 0.25) is 0 Å². The van der Waals surface area contributed by atoms with Gasteiger partial charge in [-0.05, 0) is 44.9 Å². The van der Waals surface area contributed by atoms with E-state index < -0.39 is 0 Å². The molecular formula is C23H25N7O3S. The maximum absolute atomic E-state index is 12.7. The summed E-state index contributed by atoms with van der Waals surface area (Å²) in [7, 11) is 0. The predicted molar refractivity (Wildman–Crippen MR) is 130 cm³/mol. The topological polar surface area (TPSA) is 129 Å². The number of piperidine rings is 1. The van der Waals surface area contributed by atoms with Gasteiger partial charge in [0.25, 0.3) is 5.89 Å². The number of rotatable bonds is 6. The summed E-state index contributed by atoms with van der Waals surface area (Å²) in [4.78, 5) is 23.2. The Morgan fingerprint density at radius 3 is 2.82 bits per heavy atom. The molecule has 1 fully saturated rings. The number of benzene rings is 1. The third-order valence-electron chi connectivity index (χ3n) is 5.54. The number of nitrogens with one attached hydrogen (secondary N) is 2. The molecule has 1 saturated heterocycles. The third-order valence-corrected chi connectivity index (χ3v) is 6.33. The van der Waals surface area contributed by atoms with Crippen molar-refractivity contribution >= 4 is 44.7 Å². The molecule has 3 N–H and O–H groups in total. The van der Waals surface area contributed by atoms with Gasteiger partial charge in [0.05, 0.1) is 33.1 Å². The van der Waals surface area contributed by atoms with Crippen LogP contribution < -0.4 is 10.6 Å². The normalized spacial score (nSPS) is 14.6. The molecule has 34 heavy (non-hydrogen) atoms. The van der Waals surface area contributed by atoms with Crippen LogP contribution in [0.2, 0.25) is 0 Å². The Balaban J connectivity index is 1.39. The predicted octanol–water partition coefficient (Wildman–Crippen LogP) is 3.90. The first-order valence-electron chi connectivity index (χ1n) is 11.1. The number of fused-ring (bicyclic) bond motifs is 1. The summed E-state index contributed by atoms with van der Waals surface area (Å²) in [6, 6.07) is 7.99. The van der Waals surface area contributed by atoms with Crippen LogP contribution in [0.25, 0.3) is 21.7 Å². The van der Waals surface area contributed by atoms with Crippen LogP contribution in [0.4, 0.5) is 17.2 Å². The molecule has 1 amide bonds. The lowest BCUT2D eigenvalue weighted by Crippen LogP contribution is -2.40. The van der Waals surface area contributed by atoms with Crippen molar-refractivity contribution < 1.29 is 14.3 Å². The van der Waals surface area contributed by atoms with Crippen LogP contribution in [0, 0.1) is 0 Å². The number of anilines is 3. The monoisotopic (exact) mass is 479 g/mol. The molecule has 0 spiro atoms. The molecule has 0 radical (unpaired) electrons.